The molecular weight excluding hydrogens is 751 g/mol. The number of anilines is 3. The summed E-state index contributed by atoms with van der Waals surface area (Å²) in [5.41, 5.74) is 16.0. The number of para-hydroxylation sites is 2. The Hall–Kier alpha value is -6.71. The van der Waals surface area contributed by atoms with E-state index in [1.54, 1.807) is 0 Å². The molecule has 3 aliphatic rings. The van der Waals surface area contributed by atoms with Crippen LogP contribution in [-0.4, -0.2) is 23.4 Å². The first-order valence-corrected chi connectivity index (χ1v) is 22.6. The van der Waals surface area contributed by atoms with Crippen LogP contribution < -0.4 is 9.80 Å². The summed E-state index contributed by atoms with van der Waals surface area (Å²) < 4.78 is 2.58. The highest BCUT2D eigenvalue weighted by atomic mass is 15.2. The minimum Gasteiger partial charge on any atom is -0.344 e. The molecule has 7 aromatic rings. The predicted molar refractivity (Wildman–Crippen MR) is 265 cm³/mol. The zero-order chi connectivity index (χ0) is 42.6. The molecule has 3 heteroatoms. The van der Waals surface area contributed by atoms with Crippen LogP contribution in [-0.2, 0) is 10.8 Å². The Balaban J connectivity index is 1.22. The van der Waals surface area contributed by atoms with Crippen LogP contribution in [0.5, 0.6) is 0 Å². The molecule has 3 nitrogen and oxygen atoms in total. The molecule has 0 N–H and O–H groups in total. The number of fused-ring (bicyclic) bond motifs is 7. The van der Waals surface area contributed by atoms with Crippen molar-refractivity contribution in [2.45, 2.75) is 65.2 Å². The van der Waals surface area contributed by atoms with E-state index < -0.39 is 0 Å². The summed E-state index contributed by atoms with van der Waals surface area (Å²) in [5, 5.41) is 5.26. The van der Waals surface area contributed by atoms with E-state index in [9.17, 15) is 0 Å². The molecule has 62 heavy (non-hydrogen) atoms. The van der Waals surface area contributed by atoms with Gasteiger partial charge in [0.25, 0.3) is 0 Å². The van der Waals surface area contributed by atoms with E-state index in [-0.39, 0.29) is 10.8 Å². The Labute approximate surface area is 368 Å². The summed E-state index contributed by atoms with van der Waals surface area (Å²) in [6, 6.07) is 57.9. The lowest BCUT2D eigenvalue weighted by atomic mass is 9.79. The molecule has 0 unspecified atom stereocenters. The molecule has 0 fully saturated rings. The van der Waals surface area contributed by atoms with E-state index in [1.165, 1.54) is 83.4 Å². The number of allylic oxidation sites excluding steroid dienone is 7. The Morgan fingerprint density at radius 2 is 1.13 bits per heavy atom. The van der Waals surface area contributed by atoms with Crippen LogP contribution in [0.1, 0.15) is 76.6 Å². The van der Waals surface area contributed by atoms with E-state index in [0.717, 1.165) is 37.3 Å². The van der Waals surface area contributed by atoms with Gasteiger partial charge >= 0.3 is 0 Å². The van der Waals surface area contributed by atoms with Crippen LogP contribution in [0.15, 0.2) is 193 Å². The molecule has 0 saturated heterocycles. The highest BCUT2D eigenvalue weighted by Crippen LogP contribution is 2.53. The van der Waals surface area contributed by atoms with Crippen LogP contribution in [0, 0.1) is 0 Å². The Morgan fingerprint density at radius 1 is 0.548 bits per heavy atom. The van der Waals surface area contributed by atoms with Gasteiger partial charge in [-0.3, -0.25) is 0 Å². The molecule has 2 aliphatic heterocycles. The van der Waals surface area contributed by atoms with Crippen LogP contribution in [0.3, 0.4) is 0 Å². The summed E-state index contributed by atoms with van der Waals surface area (Å²) in [7, 11) is 0. The van der Waals surface area contributed by atoms with Gasteiger partial charge in [-0.1, -0.05) is 149 Å². The number of rotatable bonds is 10. The molecule has 2 heterocycles. The second-order valence-corrected chi connectivity index (χ2v) is 18.1. The number of benzene rings is 7. The van der Waals surface area contributed by atoms with Gasteiger partial charge in [0.1, 0.15) is 6.54 Å². The zero-order valence-corrected chi connectivity index (χ0v) is 37.0. The van der Waals surface area contributed by atoms with Crippen molar-refractivity contribution in [1.29, 1.82) is 0 Å². The van der Waals surface area contributed by atoms with Crippen LogP contribution in [0.25, 0.3) is 32.7 Å². The monoisotopic (exact) mass is 806 g/mol. The Morgan fingerprint density at radius 3 is 1.77 bits per heavy atom. The smallest absolute Gasteiger partial charge is 0.210 e. The largest absolute Gasteiger partial charge is 0.344 e. The van der Waals surface area contributed by atoms with E-state index >= 15 is 0 Å². The van der Waals surface area contributed by atoms with Gasteiger partial charge in [0, 0.05) is 70.0 Å². The number of hydrogen-bond acceptors (Lipinski definition) is 2. The van der Waals surface area contributed by atoms with Crippen molar-refractivity contribution in [3.63, 3.8) is 0 Å². The van der Waals surface area contributed by atoms with Gasteiger partial charge in [-0.25, -0.2) is 0 Å². The highest BCUT2D eigenvalue weighted by Gasteiger charge is 2.46. The molecule has 0 saturated carbocycles. The topological polar surface area (TPSA) is 9.49 Å². The summed E-state index contributed by atoms with van der Waals surface area (Å²) in [6.45, 7) is 16.1. The second-order valence-electron chi connectivity index (χ2n) is 18.1. The van der Waals surface area contributed by atoms with Crippen LogP contribution in [0.2, 0.25) is 0 Å². The lowest BCUT2D eigenvalue weighted by Gasteiger charge is -2.29. The van der Waals surface area contributed by atoms with Crippen molar-refractivity contribution in [3.05, 3.63) is 216 Å². The summed E-state index contributed by atoms with van der Waals surface area (Å²) in [4.78, 5) is 5.06. The van der Waals surface area contributed by atoms with Gasteiger partial charge in [-0.15, -0.1) is 0 Å². The molecule has 0 aromatic heterocycles. The molecular formula is C59H56N3+. The van der Waals surface area contributed by atoms with Crippen molar-refractivity contribution in [2.75, 3.05) is 22.9 Å². The lowest BCUT2D eigenvalue weighted by molar-refractivity contribution is -0.437. The third-order valence-electron chi connectivity index (χ3n) is 13.5. The highest BCUT2D eigenvalue weighted by molar-refractivity contribution is 6.12. The maximum Gasteiger partial charge on any atom is 0.210 e. The van der Waals surface area contributed by atoms with E-state index in [4.69, 9.17) is 0 Å². The summed E-state index contributed by atoms with van der Waals surface area (Å²) in [5.74, 6) is 0. The fraction of sp³-hybridized carbons (Fsp3) is 0.203. The van der Waals surface area contributed by atoms with Gasteiger partial charge in [0.2, 0.25) is 5.69 Å². The third kappa shape index (κ3) is 6.28. The minimum atomic E-state index is -0.210. The van der Waals surface area contributed by atoms with Crippen molar-refractivity contribution in [2.24, 2.45) is 0 Å². The Bertz CT molecular complexity index is 2990. The molecule has 0 amide bonds. The Kier molecular flexibility index (Phi) is 9.95. The fourth-order valence-corrected chi connectivity index (χ4v) is 10.8. The minimum absolute atomic E-state index is 0.210. The molecule has 0 radical (unpaired) electrons. The molecule has 0 bridgehead atoms. The summed E-state index contributed by atoms with van der Waals surface area (Å²) >= 11 is 0. The molecule has 10 rings (SSSR count). The molecule has 0 atom stereocenters. The lowest BCUT2D eigenvalue weighted by Crippen LogP contribution is -2.28. The van der Waals surface area contributed by atoms with Gasteiger partial charge in [0.05, 0.1) is 11.1 Å². The van der Waals surface area contributed by atoms with Gasteiger partial charge in [-0.2, -0.15) is 4.58 Å². The quantitative estimate of drug-likeness (QED) is 0.127. The van der Waals surface area contributed by atoms with E-state index in [1.807, 2.05) is 0 Å². The second kappa shape index (κ2) is 15.6. The maximum atomic E-state index is 2.58. The van der Waals surface area contributed by atoms with E-state index in [2.05, 4.69) is 238 Å². The standard InChI is InChI=1S/C59H56N3/c1-7-39-60-51-35-31-41-21-15-17-27-45(41)55(51)58(3,4)53(60)37-33-49-47-29-19-20-30-48(47)50(57(49)62(43-23-11-9-12-24-43)44-25-13-10-14-26-44)34-38-54-59(5,6)56-46-28-18-16-22-42(46)32-36-52(56)61(54)40-8-2/h9-38H,7-8,39-40H2,1-6H3/q+1. The van der Waals surface area contributed by atoms with Crippen molar-refractivity contribution >= 4 is 61.2 Å². The SMILES string of the molecule is CCCN1/C(=C/C=C2C(N(c3ccccc3)c3ccccc3)=C(/C=C/C3=[N+](CCC)c4ccc5ccccc5c4C3(C)C)c3ccccc3/2)C(C)(C)c2c1ccc1ccccc21. The zero-order valence-electron chi connectivity index (χ0n) is 37.0. The van der Waals surface area contributed by atoms with Crippen LogP contribution >= 0.6 is 0 Å². The first-order chi connectivity index (χ1) is 30.2. The number of nitrogens with zero attached hydrogens (tertiary/aromatic N) is 3. The van der Waals surface area contributed by atoms with Crippen molar-refractivity contribution in [1.82, 2.24) is 0 Å². The molecule has 306 valence electrons. The average molecular weight is 807 g/mol. The van der Waals surface area contributed by atoms with Gasteiger partial charge in [-0.05, 0) is 107 Å². The maximum absolute atomic E-state index is 2.58. The van der Waals surface area contributed by atoms with Gasteiger partial charge < -0.3 is 9.80 Å². The van der Waals surface area contributed by atoms with E-state index in [0.29, 0.717) is 0 Å². The van der Waals surface area contributed by atoms with Crippen molar-refractivity contribution in [3.8, 4) is 0 Å². The van der Waals surface area contributed by atoms with Gasteiger partial charge in [0.15, 0.2) is 5.71 Å². The molecule has 7 aromatic carbocycles. The fourth-order valence-electron chi connectivity index (χ4n) is 10.8. The normalized spacial score (nSPS) is 17.5. The first-order valence-electron chi connectivity index (χ1n) is 22.6. The van der Waals surface area contributed by atoms with Crippen molar-refractivity contribution < 1.29 is 4.58 Å². The summed E-state index contributed by atoms with van der Waals surface area (Å²) in [6.07, 6.45) is 11.9. The average Bonchev–Trinajstić information content (AvgIpc) is 3.80. The first kappa shape index (κ1) is 39.4. The third-order valence-corrected chi connectivity index (χ3v) is 13.5. The molecule has 0 spiro atoms. The number of hydrogen-bond donors (Lipinski definition) is 0. The predicted octanol–water partition coefficient (Wildman–Crippen LogP) is 15.1. The molecule has 1 aliphatic carbocycles. The van der Waals surface area contributed by atoms with Crippen LogP contribution in [0.4, 0.5) is 22.7 Å².